The number of aliphatic hydroxyl groups excluding tert-OH is 1. The number of aryl methyl sites for hydroxylation is 2. The highest BCUT2D eigenvalue weighted by Crippen LogP contribution is 2.34. The van der Waals surface area contributed by atoms with E-state index in [-0.39, 0.29) is 6.10 Å². The predicted molar refractivity (Wildman–Crippen MR) is 67.5 cm³/mol. The van der Waals surface area contributed by atoms with Gasteiger partial charge in [0.25, 0.3) is 0 Å². The number of benzene rings is 1. The zero-order valence-electron chi connectivity index (χ0n) is 10.2. The fourth-order valence-electron chi connectivity index (χ4n) is 2.19. The van der Waals surface area contributed by atoms with Crippen LogP contribution in [0, 0.1) is 5.92 Å². The molecule has 0 spiro atoms. The lowest BCUT2D eigenvalue weighted by Crippen LogP contribution is -2.10. The number of hydrogen-bond acceptors (Lipinski definition) is 1. The topological polar surface area (TPSA) is 20.2 Å². The number of aliphatic hydroxyl groups is 1. The first-order chi connectivity index (χ1) is 7.79. The van der Waals surface area contributed by atoms with Crippen molar-refractivity contribution in [2.24, 2.45) is 5.92 Å². The molecule has 1 saturated carbocycles. The van der Waals surface area contributed by atoms with E-state index in [9.17, 15) is 5.11 Å². The first-order valence-electron chi connectivity index (χ1n) is 6.55. The van der Waals surface area contributed by atoms with Crippen LogP contribution in [0.15, 0.2) is 24.3 Å². The molecular formula is C15H22O. The standard InChI is InChI=1S/C15H22O/c1-2-3-12-4-6-13(7-5-12)8-11-15(16)14-9-10-14/h4-7,14-16H,2-3,8-11H2,1H3. The van der Waals surface area contributed by atoms with Crippen LogP contribution in [0.1, 0.15) is 43.7 Å². The second-order valence-electron chi connectivity index (χ2n) is 5.01. The zero-order chi connectivity index (χ0) is 11.4. The third kappa shape index (κ3) is 3.34. The van der Waals surface area contributed by atoms with E-state index >= 15 is 0 Å². The summed E-state index contributed by atoms with van der Waals surface area (Å²) in [5, 5.41) is 9.79. The van der Waals surface area contributed by atoms with E-state index in [0.717, 1.165) is 12.8 Å². The molecule has 1 atom stereocenters. The summed E-state index contributed by atoms with van der Waals surface area (Å²) in [5.74, 6) is 0.611. The number of hydrogen-bond donors (Lipinski definition) is 1. The molecule has 0 heterocycles. The van der Waals surface area contributed by atoms with Crippen molar-refractivity contribution in [3.63, 3.8) is 0 Å². The van der Waals surface area contributed by atoms with Gasteiger partial charge in [0.2, 0.25) is 0 Å². The van der Waals surface area contributed by atoms with Gasteiger partial charge in [-0.15, -0.1) is 0 Å². The molecule has 1 N–H and O–H groups in total. The fourth-order valence-corrected chi connectivity index (χ4v) is 2.19. The van der Waals surface area contributed by atoms with Gasteiger partial charge in [-0.3, -0.25) is 0 Å². The molecule has 0 radical (unpaired) electrons. The van der Waals surface area contributed by atoms with Crippen LogP contribution in [0.25, 0.3) is 0 Å². The maximum absolute atomic E-state index is 9.79. The summed E-state index contributed by atoms with van der Waals surface area (Å²) in [4.78, 5) is 0. The molecule has 1 fully saturated rings. The Labute approximate surface area is 98.5 Å². The molecule has 0 amide bonds. The Kier molecular flexibility index (Phi) is 4.00. The van der Waals surface area contributed by atoms with E-state index in [0.29, 0.717) is 5.92 Å². The first kappa shape index (κ1) is 11.7. The molecule has 1 heteroatoms. The summed E-state index contributed by atoms with van der Waals surface area (Å²) < 4.78 is 0. The lowest BCUT2D eigenvalue weighted by molar-refractivity contribution is 0.142. The molecule has 0 saturated heterocycles. The van der Waals surface area contributed by atoms with Gasteiger partial charge in [0.1, 0.15) is 0 Å². The van der Waals surface area contributed by atoms with Crippen LogP contribution in [-0.2, 0) is 12.8 Å². The molecule has 88 valence electrons. The number of rotatable bonds is 6. The monoisotopic (exact) mass is 218 g/mol. The maximum Gasteiger partial charge on any atom is 0.0571 e. The molecule has 1 aromatic rings. The Balaban J connectivity index is 1.79. The minimum Gasteiger partial charge on any atom is -0.393 e. The van der Waals surface area contributed by atoms with E-state index in [4.69, 9.17) is 0 Å². The summed E-state index contributed by atoms with van der Waals surface area (Å²) >= 11 is 0. The Morgan fingerprint density at radius 3 is 2.19 bits per heavy atom. The van der Waals surface area contributed by atoms with Crippen LogP contribution in [0.2, 0.25) is 0 Å². The molecule has 0 bridgehead atoms. The summed E-state index contributed by atoms with van der Waals surface area (Å²) in [5.41, 5.74) is 2.79. The van der Waals surface area contributed by atoms with Gasteiger partial charge < -0.3 is 5.11 Å². The van der Waals surface area contributed by atoms with Crippen molar-refractivity contribution in [3.05, 3.63) is 35.4 Å². The average Bonchev–Trinajstić information content (AvgIpc) is 3.12. The van der Waals surface area contributed by atoms with Crippen LogP contribution in [0.4, 0.5) is 0 Å². The van der Waals surface area contributed by atoms with Gasteiger partial charge in [-0.05, 0) is 49.1 Å². The third-order valence-electron chi connectivity index (χ3n) is 3.46. The molecule has 0 aliphatic heterocycles. The van der Waals surface area contributed by atoms with Crippen LogP contribution in [0.3, 0.4) is 0 Å². The van der Waals surface area contributed by atoms with Crippen molar-refractivity contribution < 1.29 is 5.11 Å². The molecule has 1 nitrogen and oxygen atoms in total. The normalized spacial score (nSPS) is 17.4. The van der Waals surface area contributed by atoms with Crippen molar-refractivity contribution in [1.82, 2.24) is 0 Å². The zero-order valence-corrected chi connectivity index (χ0v) is 10.2. The van der Waals surface area contributed by atoms with Crippen molar-refractivity contribution >= 4 is 0 Å². The van der Waals surface area contributed by atoms with Crippen LogP contribution >= 0.6 is 0 Å². The highest BCUT2D eigenvalue weighted by atomic mass is 16.3. The van der Waals surface area contributed by atoms with Gasteiger partial charge in [0.15, 0.2) is 0 Å². The van der Waals surface area contributed by atoms with Crippen LogP contribution in [0.5, 0.6) is 0 Å². The maximum atomic E-state index is 9.79. The van der Waals surface area contributed by atoms with E-state index in [1.165, 1.54) is 36.8 Å². The van der Waals surface area contributed by atoms with E-state index in [1.807, 2.05) is 0 Å². The van der Waals surface area contributed by atoms with E-state index in [2.05, 4.69) is 31.2 Å². The molecule has 1 aliphatic rings. The van der Waals surface area contributed by atoms with Gasteiger partial charge in [-0.1, -0.05) is 37.6 Å². The Hall–Kier alpha value is -0.820. The Morgan fingerprint density at radius 2 is 1.69 bits per heavy atom. The van der Waals surface area contributed by atoms with Gasteiger partial charge in [-0.2, -0.15) is 0 Å². The average molecular weight is 218 g/mol. The molecular weight excluding hydrogens is 196 g/mol. The first-order valence-corrected chi connectivity index (χ1v) is 6.55. The second kappa shape index (κ2) is 5.49. The van der Waals surface area contributed by atoms with Gasteiger partial charge in [0.05, 0.1) is 6.10 Å². The lowest BCUT2D eigenvalue weighted by atomic mass is 10.0. The molecule has 16 heavy (non-hydrogen) atoms. The van der Waals surface area contributed by atoms with Crippen LogP contribution < -0.4 is 0 Å². The summed E-state index contributed by atoms with van der Waals surface area (Å²) in [7, 11) is 0. The third-order valence-corrected chi connectivity index (χ3v) is 3.46. The minimum atomic E-state index is -0.0599. The SMILES string of the molecule is CCCc1ccc(CCC(O)C2CC2)cc1. The molecule has 1 unspecified atom stereocenters. The predicted octanol–water partition coefficient (Wildman–Crippen LogP) is 3.34. The highest BCUT2D eigenvalue weighted by molar-refractivity contribution is 5.22. The van der Waals surface area contributed by atoms with Crippen molar-refractivity contribution in [2.75, 3.05) is 0 Å². The van der Waals surface area contributed by atoms with Crippen molar-refractivity contribution in [3.8, 4) is 0 Å². The molecule has 0 aromatic heterocycles. The minimum absolute atomic E-state index is 0.0599. The largest absolute Gasteiger partial charge is 0.393 e. The van der Waals surface area contributed by atoms with Crippen LogP contribution in [-0.4, -0.2) is 11.2 Å². The Morgan fingerprint density at radius 1 is 1.12 bits per heavy atom. The molecule has 1 aromatic carbocycles. The highest BCUT2D eigenvalue weighted by Gasteiger charge is 2.28. The van der Waals surface area contributed by atoms with E-state index in [1.54, 1.807) is 0 Å². The Bertz CT molecular complexity index is 311. The smallest absolute Gasteiger partial charge is 0.0571 e. The second-order valence-corrected chi connectivity index (χ2v) is 5.01. The lowest BCUT2D eigenvalue weighted by Gasteiger charge is -2.09. The molecule has 2 rings (SSSR count). The fraction of sp³-hybridized carbons (Fsp3) is 0.600. The van der Waals surface area contributed by atoms with Gasteiger partial charge in [0, 0.05) is 0 Å². The molecule has 1 aliphatic carbocycles. The quantitative estimate of drug-likeness (QED) is 0.776. The van der Waals surface area contributed by atoms with Gasteiger partial charge >= 0.3 is 0 Å². The van der Waals surface area contributed by atoms with Gasteiger partial charge in [-0.25, -0.2) is 0 Å². The van der Waals surface area contributed by atoms with Crippen molar-refractivity contribution in [1.29, 1.82) is 0 Å². The summed E-state index contributed by atoms with van der Waals surface area (Å²) in [6.07, 6.45) is 6.73. The van der Waals surface area contributed by atoms with E-state index < -0.39 is 0 Å². The van der Waals surface area contributed by atoms with Crippen molar-refractivity contribution in [2.45, 2.75) is 51.6 Å². The summed E-state index contributed by atoms with van der Waals surface area (Å²) in [6, 6.07) is 8.87. The summed E-state index contributed by atoms with van der Waals surface area (Å²) in [6.45, 7) is 2.21.